The highest BCUT2D eigenvalue weighted by molar-refractivity contribution is 6.07. The monoisotopic (exact) mass is 307 g/mol. The lowest BCUT2D eigenvalue weighted by Gasteiger charge is -2.40. The smallest absolute Gasteiger partial charge is 0.161 e. The van der Waals surface area contributed by atoms with Crippen molar-refractivity contribution >= 4 is 27.8 Å². The third-order valence-corrected chi connectivity index (χ3v) is 4.84. The van der Waals surface area contributed by atoms with Crippen molar-refractivity contribution in [2.75, 3.05) is 11.4 Å². The van der Waals surface area contributed by atoms with Gasteiger partial charge in [-0.25, -0.2) is 0 Å². The van der Waals surface area contributed by atoms with Gasteiger partial charge in [-0.2, -0.15) is 0 Å². The summed E-state index contributed by atoms with van der Waals surface area (Å²) < 4.78 is 6.18. The second kappa shape index (κ2) is 4.75. The summed E-state index contributed by atoms with van der Waals surface area (Å²) in [4.78, 5) is 9.12. The van der Waals surface area contributed by atoms with E-state index in [1.807, 2.05) is 18.3 Å². The lowest BCUT2D eigenvalue weighted by molar-refractivity contribution is 0.220. The van der Waals surface area contributed by atoms with E-state index in [1.165, 1.54) is 5.56 Å². The number of rotatable bonds is 2. The molecule has 2 aromatic heterocycles. The Balaban J connectivity index is 2.00. The summed E-state index contributed by atoms with van der Waals surface area (Å²) in [6.45, 7) is 9.74. The van der Waals surface area contributed by atoms with Crippen molar-refractivity contribution in [1.29, 1.82) is 0 Å². The minimum Gasteiger partial charge on any atom is -0.452 e. The predicted octanol–water partition coefficient (Wildman–Crippen LogP) is 4.64. The highest BCUT2D eigenvalue weighted by atomic mass is 16.3. The quantitative estimate of drug-likeness (QED) is 0.690. The lowest BCUT2D eigenvalue weighted by atomic mass is 10.1. The highest BCUT2D eigenvalue weighted by Crippen LogP contribution is 2.41. The molecule has 4 nitrogen and oxygen atoms in total. The van der Waals surface area contributed by atoms with Crippen molar-refractivity contribution in [1.82, 2.24) is 9.88 Å². The average Bonchev–Trinajstić information content (AvgIpc) is 3.04. The first kappa shape index (κ1) is 14.1. The predicted molar refractivity (Wildman–Crippen MR) is 94.3 cm³/mol. The summed E-state index contributed by atoms with van der Waals surface area (Å²) in [5, 5.41) is 1.07. The minimum atomic E-state index is -0.125. The molecule has 0 bridgehead atoms. The van der Waals surface area contributed by atoms with Crippen LogP contribution in [0.1, 0.15) is 26.3 Å². The Morgan fingerprint density at radius 1 is 1.17 bits per heavy atom. The van der Waals surface area contributed by atoms with Gasteiger partial charge >= 0.3 is 0 Å². The number of aryl methyl sites for hydroxylation is 1. The molecule has 1 aliphatic heterocycles. The maximum Gasteiger partial charge on any atom is 0.161 e. The summed E-state index contributed by atoms with van der Waals surface area (Å²) >= 11 is 0. The Morgan fingerprint density at radius 2 is 2.00 bits per heavy atom. The molecular weight excluding hydrogens is 286 g/mol. The van der Waals surface area contributed by atoms with E-state index in [4.69, 9.17) is 4.42 Å². The van der Waals surface area contributed by atoms with Crippen LogP contribution in [0.3, 0.4) is 0 Å². The van der Waals surface area contributed by atoms with Crippen LogP contribution >= 0.6 is 0 Å². The van der Waals surface area contributed by atoms with Crippen molar-refractivity contribution < 1.29 is 4.42 Å². The summed E-state index contributed by atoms with van der Waals surface area (Å²) in [6.07, 6.45) is 6.11. The number of nitrogens with zero attached hydrogens (tertiary/aromatic N) is 3. The first-order valence-electron chi connectivity index (χ1n) is 8.05. The van der Waals surface area contributed by atoms with Gasteiger partial charge in [0.2, 0.25) is 0 Å². The first-order chi connectivity index (χ1) is 11.0. The van der Waals surface area contributed by atoms with Crippen LogP contribution in [0.15, 0.2) is 47.3 Å². The molecule has 0 spiro atoms. The molecule has 0 saturated carbocycles. The maximum atomic E-state index is 6.18. The Bertz CT molecular complexity index is 923. The molecule has 0 amide bonds. The molecule has 0 atom stereocenters. The van der Waals surface area contributed by atoms with E-state index < -0.39 is 0 Å². The van der Waals surface area contributed by atoms with Crippen LogP contribution in [0.25, 0.3) is 22.1 Å². The molecule has 1 aliphatic rings. The molecule has 0 fully saturated rings. The van der Waals surface area contributed by atoms with Gasteiger partial charge in [0.15, 0.2) is 11.2 Å². The van der Waals surface area contributed by atoms with Crippen LogP contribution in [0.4, 0.5) is 5.69 Å². The number of hydrogen-bond acceptors (Lipinski definition) is 4. The second-order valence-electron chi connectivity index (χ2n) is 6.51. The summed E-state index contributed by atoms with van der Waals surface area (Å²) in [7, 11) is 0. The fourth-order valence-electron chi connectivity index (χ4n) is 3.53. The van der Waals surface area contributed by atoms with Gasteiger partial charge in [0.25, 0.3) is 0 Å². The largest absolute Gasteiger partial charge is 0.452 e. The number of aromatic nitrogens is 1. The fourth-order valence-corrected chi connectivity index (χ4v) is 3.53. The number of benzene rings is 1. The molecule has 0 aliphatic carbocycles. The number of anilines is 1. The van der Waals surface area contributed by atoms with Crippen LogP contribution in [0.5, 0.6) is 0 Å². The molecule has 3 aromatic rings. The zero-order valence-electron chi connectivity index (χ0n) is 14.0. The normalized spacial score (nSPS) is 16.9. The highest BCUT2D eigenvalue weighted by Gasteiger charge is 2.36. The van der Waals surface area contributed by atoms with Crippen LogP contribution in [0.2, 0.25) is 0 Å². The van der Waals surface area contributed by atoms with Crippen molar-refractivity contribution in [2.45, 2.75) is 33.4 Å². The molecule has 0 radical (unpaired) electrons. The summed E-state index contributed by atoms with van der Waals surface area (Å²) in [5.74, 6) is 0. The van der Waals surface area contributed by atoms with Gasteiger partial charge in [-0.1, -0.05) is 6.07 Å². The Kier molecular flexibility index (Phi) is 2.92. The number of fused-ring (bicyclic) bond motifs is 3. The molecule has 3 heterocycles. The lowest BCUT2D eigenvalue weighted by Crippen LogP contribution is -2.48. The van der Waals surface area contributed by atoms with Gasteiger partial charge in [-0.05, 0) is 51.5 Å². The van der Waals surface area contributed by atoms with E-state index in [0.717, 1.165) is 34.3 Å². The van der Waals surface area contributed by atoms with Crippen molar-refractivity contribution in [3.05, 3.63) is 48.4 Å². The molecule has 4 rings (SSSR count). The molecular formula is C19H21N3O. The molecule has 0 saturated heterocycles. The van der Waals surface area contributed by atoms with E-state index in [0.29, 0.717) is 0 Å². The molecule has 4 heteroatoms. The van der Waals surface area contributed by atoms with Gasteiger partial charge in [-0.15, -0.1) is 0 Å². The van der Waals surface area contributed by atoms with Crippen molar-refractivity contribution in [3.8, 4) is 0 Å². The number of furan rings is 1. The van der Waals surface area contributed by atoms with E-state index in [2.05, 4.69) is 67.0 Å². The summed E-state index contributed by atoms with van der Waals surface area (Å²) in [6, 6.07) is 8.15. The zero-order valence-corrected chi connectivity index (χ0v) is 14.0. The molecule has 0 N–H and O–H groups in total. The van der Waals surface area contributed by atoms with Gasteiger partial charge in [0.1, 0.15) is 11.2 Å². The van der Waals surface area contributed by atoms with Crippen LogP contribution < -0.4 is 4.90 Å². The average molecular weight is 307 g/mol. The Hall–Kier alpha value is -2.49. The Morgan fingerprint density at radius 3 is 2.74 bits per heavy atom. The molecule has 0 unspecified atom stereocenters. The number of pyridine rings is 1. The number of hydrogen-bond donors (Lipinski definition) is 0. The third-order valence-electron chi connectivity index (χ3n) is 4.84. The van der Waals surface area contributed by atoms with Gasteiger partial charge < -0.3 is 14.2 Å². The maximum absolute atomic E-state index is 6.18. The fraction of sp³-hybridized carbons (Fsp3) is 0.316. The SMILES string of the molecule is CCN1C=CN(c2c(C)ccc3c2oc2cccnc23)C1(C)C. The van der Waals surface area contributed by atoms with Crippen LogP contribution in [-0.2, 0) is 0 Å². The zero-order chi connectivity index (χ0) is 16.2. The minimum absolute atomic E-state index is 0.125. The van der Waals surface area contributed by atoms with Gasteiger partial charge in [0, 0.05) is 30.5 Å². The molecule has 1 aromatic carbocycles. The van der Waals surface area contributed by atoms with E-state index in [-0.39, 0.29) is 5.66 Å². The molecule has 23 heavy (non-hydrogen) atoms. The third kappa shape index (κ3) is 1.87. The standard InChI is InChI=1S/C19H21N3O/c1-5-21-11-12-22(19(21,3)4)17-13(2)8-9-14-16-15(23-18(14)17)7-6-10-20-16/h6-12H,5H2,1-4H3. The van der Waals surface area contributed by atoms with Crippen molar-refractivity contribution in [3.63, 3.8) is 0 Å². The topological polar surface area (TPSA) is 32.5 Å². The van der Waals surface area contributed by atoms with E-state index in [9.17, 15) is 0 Å². The van der Waals surface area contributed by atoms with Crippen molar-refractivity contribution in [2.24, 2.45) is 0 Å². The van der Waals surface area contributed by atoms with E-state index >= 15 is 0 Å². The Labute approximate surface area is 136 Å². The van der Waals surface area contributed by atoms with Crippen LogP contribution in [0, 0.1) is 6.92 Å². The van der Waals surface area contributed by atoms with Gasteiger partial charge in [0.05, 0.1) is 5.69 Å². The summed E-state index contributed by atoms with van der Waals surface area (Å²) in [5.41, 5.74) is 4.87. The van der Waals surface area contributed by atoms with Gasteiger partial charge in [-0.3, -0.25) is 4.98 Å². The first-order valence-corrected chi connectivity index (χ1v) is 8.05. The second-order valence-corrected chi connectivity index (χ2v) is 6.51. The molecule has 118 valence electrons. The van der Waals surface area contributed by atoms with E-state index in [1.54, 1.807) is 0 Å². The van der Waals surface area contributed by atoms with Crippen LogP contribution in [-0.4, -0.2) is 22.1 Å².